The minimum Gasteiger partial charge on any atom is -0.756 e. The molecule has 2 heterocycles. The third-order valence-corrected chi connectivity index (χ3v) is 8.95. The third-order valence-electron chi connectivity index (χ3n) is 8.02. The Kier molecular flexibility index (Phi) is 24.2. The van der Waals surface area contributed by atoms with Crippen molar-refractivity contribution in [3.05, 3.63) is 43.0 Å². The molecule has 16 heteroatoms. The van der Waals surface area contributed by atoms with Gasteiger partial charge >= 0.3 is 35.2 Å². The molecule has 0 radical (unpaired) electrons. The molecule has 1 N–H and O–H groups in total. The Morgan fingerprint density at radius 1 is 1.02 bits per heavy atom. The summed E-state index contributed by atoms with van der Waals surface area (Å²) in [5.74, 6) is 0. The van der Waals surface area contributed by atoms with Crippen molar-refractivity contribution >= 4 is 7.82 Å². The fourth-order valence-electron chi connectivity index (χ4n) is 5.39. The number of aromatic amines is 1. The van der Waals surface area contributed by atoms with Gasteiger partial charge in [-0.05, 0) is 25.8 Å². The molecule has 0 saturated carbocycles. The molecule has 264 valence electrons. The van der Waals surface area contributed by atoms with Crippen LogP contribution in [0, 0.1) is 6.92 Å². The molecule has 3 unspecified atom stereocenters. The van der Waals surface area contributed by atoms with Crippen LogP contribution in [-0.4, -0.2) is 60.8 Å². The predicted octanol–water partition coefficient (Wildman–Crippen LogP) is 3.22. The van der Waals surface area contributed by atoms with Crippen LogP contribution in [0.15, 0.2) is 20.9 Å². The molecule has 1 aromatic rings. The zero-order chi connectivity index (χ0) is 33.6. The van der Waals surface area contributed by atoms with Gasteiger partial charge in [0.25, 0.3) is 13.4 Å². The number of nitrogens with one attached hydrogen (secondary N) is 1. The Labute approximate surface area is 301 Å². The van der Waals surface area contributed by atoms with E-state index in [9.17, 15) is 19.0 Å². The van der Waals surface area contributed by atoms with E-state index in [1.54, 1.807) is 6.92 Å². The van der Waals surface area contributed by atoms with E-state index in [-0.39, 0.29) is 54.8 Å². The Bertz CT molecular complexity index is 1200. The number of H-pyrrole nitrogens is 1. The van der Waals surface area contributed by atoms with Crippen molar-refractivity contribution in [2.75, 3.05) is 33.0 Å². The average molecular weight is 696 g/mol. The van der Waals surface area contributed by atoms with Crippen LogP contribution >= 0.6 is 7.82 Å². The number of azide groups is 1. The molecule has 47 heavy (non-hydrogen) atoms. The number of ether oxygens (including phenoxy) is 3. The second kappa shape index (κ2) is 25.9. The molecule has 14 nitrogen and oxygen atoms in total. The predicted molar refractivity (Wildman–Crippen MR) is 174 cm³/mol. The van der Waals surface area contributed by atoms with Crippen LogP contribution in [0.4, 0.5) is 0 Å². The molecule has 0 amide bonds. The Balaban J connectivity index is 0.0000110. The van der Waals surface area contributed by atoms with Gasteiger partial charge in [-0.3, -0.25) is 18.9 Å². The number of rotatable bonds is 27. The topological polar surface area (TPSA) is 190 Å². The van der Waals surface area contributed by atoms with Gasteiger partial charge in [0.05, 0.1) is 32.0 Å². The first-order valence-electron chi connectivity index (χ1n) is 17.0. The van der Waals surface area contributed by atoms with Crippen molar-refractivity contribution in [2.24, 2.45) is 5.11 Å². The van der Waals surface area contributed by atoms with E-state index in [0.717, 1.165) is 17.4 Å². The molecule has 0 aliphatic carbocycles. The summed E-state index contributed by atoms with van der Waals surface area (Å²) in [6, 6.07) is -0.811. The first-order chi connectivity index (χ1) is 22.2. The van der Waals surface area contributed by atoms with Crippen molar-refractivity contribution < 1.29 is 62.3 Å². The number of aromatic nitrogens is 2. The van der Waals surface area contributed by atoms with Crippen LogP contribution in [-0.2, 0) is 27.8 Å². The molecule has 1 aliphatic rings. The molecule has 0 spiro atoms. The van der Waals surface area contributed by atoms with Gasteiger partial charge in [0.15, 0.2) is 0 Å². The van der Waals surface area contributed by atoms with Crippen molar-refractivity contribution in [2.45, 2.75) is 142 Å². The Morgan fingerprint density at radius 2 is 1.62 bits per heavy atom. The van der Waals surface area contributed by atoms with Crippen LogP contribution in [0.3, 0.4) is 0 Å². The number of nitrogens with zero attached hydrogens (tertiary/aromatic N) is 4. The SMILES string of the molecule is CCCCCCCCCCCCCCCCOCC(COP(=O)([O-])OC[C@H]1O[C@@H](n2cc(C)c(=O)[nH]c2=O)CC1N=[N+]=[N-])OCC.[Na+]. The fraction of sp³-hybridized carbons (Fsp3) is 0.871. The van der Waals surface area contributed by atoms with E-state index in [1.165, 1.54) is 90.2 Å². The van der Waals surface area contributed by atoms with Crippen LogP contribution in [0.1, 0.15) is 122 Å². The molecule has 5 atom stereocenters. The van der Waals surface area contributed by atoms with Gasteiger partial charge in [0.1, 0.15) is 12.3 Å². The number of hydrogen-bond donors (Lipinski definition) is 1. The summed E-state index contributed by atoms with van der Waals surface area (Å²) in [4.78, 5) is 41.4. The quantitative estimate of drug-likeness (QED) is 0.0360. The van der Waals surface area contributed by atoms with Crippen molar-refractivity contribution in [1.82, 2.24) is 9.55 Å². The van der Waals surface area contributed by atoms with Gasteiger partial charge in [-0.15, -0.1) is 0 Å². The van der Waals surface area contributed by atoms with E-state index in [1.807, 2.05) is 0 Å². The molecule has 0 bridgehead atoms. The Morgan fingerprint density at radius 3 is 2.19 bits per heavy atom. The number of aryl methyl sites for hydroxylation is 1. The zero-order valence-electron chi connectivity index (χ0n) is 28.9. The van der Waals surface area contributed by atoms with Crippen molar-refractivity contribution in [1.29, 1.82) is 0 Å². The van der Waals surface area contributed by atoms with Crippen LogP contribution in [0.25, 0.3) is 10.4 Å². The normalized spacial score (nSPS) is 19.5. The molecule has 1 fully saturated rings. The molecular weight excluding hydrogens is 640 g/mol. The van der Waals surface area contributed by atoms with Crippen LogP contribution in [0.2, 0.25) is 0 Å². The van der Waals surface area contributed by atoms with Gasteiger partial charge in [-0.25, -0.2) is 4.79 Å². The molecule has 2 rings (SSSR count). The second-order valence-corrected chi connectivity index (χ2v) is 13.3. The largest absolute Gasteiger partial charge is 1.00 e. The molecule has 1 saturated heterocycles. The summed E-state index contributed by atoms with van der Waals surface area (Å²) in [6.45, 7) is 5.91. The standard InChI is InChI=1S/C31H56N5O9P.Na/c1-4-6-7-8-9-10-11-12-13-14-15-16-17-18-19-41-22-26(42-5-2)23-43-46(39,40)44-24-28-27(34-35-32)20-29(45-28)36-21-25(3)30(37)33-31(36)38;/h21,26-29H,4-20,22-24H2,1-3H3,(H,39,40)(H,33,37,38);/q;+1/p-1/t26?,27?,28-,29-;/m1./s1. The van der Waals surface area contributed by atoms with Gasteiger partial charge in [0.2, 0.25) is 0 Å². The van der Waals surface area contributed by atoms with Crippen molar-refractivity contribution in [3.63, 3.8) is 0 Å². The summed E-state index contributed by atoms with van der Waals surface area (Å²) >= 11 is 0. The number of phosphoric ester groups is 1. The molecular formula is C31H55N5NaO9P. The van der Waals surface area contributed by atoms with E-state index in [2.05, 4.69) is 21.9 Å². The van der Waals surface area contributed by atoms with Crippen molar-refractivity contribution in [3.8, 4) is 0 Å². The minimum absolute atomic E-state index is 0. The maximum Gasteiger partial charge on any atom is 1.00 e. The maximum atomic E-state index is 12.5. The summed E-state index contributed by atoms with van der Waals surface area (Å²) in [5.41, 5.74) is 8.01. The van der Waals surface area contributed by atoms with Gasteiger partial charge in [-0.2, -0.15) is 0 Å². The van der Waals surface area contributed by atoms with E-state index in [0.29, 0.717) is 13.2 Å². The first-order valence-corrected chi connectivity index (χ1v) is 18.5. The summed E-state index contributed by atoms with van der Waals surface area (Å²) < 4.78 is 40.8. The summed E-state index contributed by atoms with van der Waals surface area (Å²) in [7, 11) is -4.78. The van der Waals surface area contributed by atoms with E-state index >= 15 is 0 Å². The first kappa shape index (κ1) is 44.0. The molecule has 1 aromatic heterocycles. The number of unbranched alkanes of at least 4 members (excludes halogenated alkanes) is 13. The van der Waals surface area contributed by atoms with E-state index in [4.69, 9.17) is 28.8 Å². The summed E-state index contributed by atoms with van der Waals surface area (Å²) in [5, 5.41) is 3.66. The second-order valence-electron chi connectivity index (χ2n) is 11.9. The van der Waals surface area contributed by atoms with Crippen LogP contribution < -0.4 is 45.7 Å². The van der Waals surface area contributed by atoms with E-state index < -0.39 is 50.2 Å². The fourth-order valence-corrected chi connectivity index (χ4v) is 6.15. The van der Waals surface area contributed by atoms with Gasteiger partial charge < -0.3 is 28.2 Å². The third kappa shape index (κ3) is 18.5. The monoisotopic (exact) mass is 695 g/mol. The molecule has 0 aromatic carbocycles. The average Bonchev–Trinajstić information content (AvgIpc) is 3.43. The maximum absolute atomic E-state index is 12.5. The van der Waals surface area contributed by atoms with Gasteiger partial charge in [0, 0.05) is 36.3 Å². The zero-order valence-corrected chi connectivity index (χ0v) is 31.8. The van der Waals surface area contributed by atoms with Gasteiger partial charge in [-0.1, -0.05) is 95.5 Å². The number of phosphoric acid groups is 1. The minimum atomic E-state index is -4.78. The van der Waals surface area contributed by atoms with Crippen LogP contribution in [0.5, 0.6) is 0 Å². The summed E-state index contributed by atoms with van der Waals surface area (Å²) in [6.07, 6.45) is 16.9. The number of hydrogen-bond acceptors (Lipinski definition) is 10. The smallest absolute Gasteiger partial charge is 0.756 e. The molecule has 1 aliphatic heterocycles. The Hall–Kier alpha value is -1.02.